The third-order valence-electron chi connectivity index (χ3n) is 2.28. The largest absolute Gasteiger partial charge is 0.479 e. The zero-order valence-corrected chi connectivity index (χ0v) is 9.63. The molecule has 0 saturated carbocycles. The normalized spacial score (nSPS) is 13.9. The number of aliphatic hydroxyl groups excluding tert-OH is 2. The second-order valence-electron chi connectivity index (χ2n) is 3.49. The molecule has 8 heteroatoms. The van der Waals surface area contributed by atoms with Crippen molar-refractivity contribution in [3.63, 3.8) is 0 Å². The number of hydrogen-bond donors (Lipinski definition) is 5. The van der Waals surface area contributed by atoms with Crippen LogP contribution in [0, 0.1) is 0 Å². The molecule has 98 valence electrons. The Hall–Kier alpha value is -1.83. The molecule has 1 aromatic carbocycles. The summed E-state index contributed by atoms with van der Waals surface area (Å²) in [5.41, 5.74) is 4.51. The van der Waals surface area contributed by atoms with Gasteiger partial charge < -0.3 is 26.2 Å². The van der Waals surface area contributed by atoms with Gasteiger partial charge in [0.15, 0.2) is 6.10 Å². The lowest BCUT2D eigenvalue weighted by Crippen LogP contribution is -2.28. The standard InChI is InChI=1S/C10H10ClNO6/c11-3-1-4(7(13)8(14)10(17)18)6(12)5(2-3)9(15)16/h1-2,7-8,13-14H,12H2,(H,15,16)(H,17,18). The first kappa shape index (κ1) is 14.2. The summed E-state index contributed by atoms with van der Waals surface area (Å²) < 4.78 is 0. The maximum atomic E-state index is 10.9. The average molecular weight is 276 g/mol. The van der Waals surface area contributed by atoms with Crippen LogP contribution in [0.5, 0.6) is 0 Å². The topological polar surface area (TPSA) is 141 Å². The molecule has 2 atom stereocenters. The molecule has 0 bridgehead atoms. The average Bonchev–Trinajstić information content (AvgIpc) is 2.29. The minimum Gasteiger partial charge on any atom is -0.479 e. The number of carbonyl (C=O) groups is 2. The van der Waals surface area contributed by atoms with E-state index >= 15 is 0 Å². The number of benzene rings is 1. The number of hydrogen-bond acceptors (Lipinski definition) is 5. The van der Waals surface area contributed by atoms with E-state index in [0.29, 0.717) is 0 Å². The van der Waals surface area contributed by atoms with Crippen LogP contribution in [0.1, 0.15) is 22.0 Å². The smallest absolute Gasteiger partial charge is 0.337 e. The highest BCUT2D eigenvalue weighted by atomic mass is 35.5. The number of aliphatic carboxylic acids is 1. The van der Waals surface area contributed by atoms with Crippen molar-refractivity contribution in [1.29, 1.82) is 0 Å². The Bertz CT molecular complexity index is 503. The Morgan fingerprint density at radius 1 is 1.22 bits per heavy atom. The zero-order valence-electron chi connectivity index (χ0n) is 8.87. The maximum Gasteiger partial charge on any atom is 0.337 e. The second-order valence-corrected chi connectivity index (χ2v) is 3.93. The quantitative estimate of drug-likeness (QED) is 0.491. The Kier molecular flexibility index (Phi) is 4.12. The molecule has 0 aliphatic rings. The molecule has 0 spiro atoms. The highest BCUT2D eigenvalue weighted by Gasteiger charge is 2.28. The van der Waals surface area contributed by atoms with E-state index in [1.54, 1.807) is 0 Å². The Morgan fingerprint density at radius 3 is 2.22 bits per heavy atom. The lowest BCUT2D eigenvalue weighted by molar-refractivity contribution is -0.153. The van der Waals surface area contributed by atoms with Gasteiger partial charge in [0.2, 0.25) is 0 Å². The summed E-state index contributed by atoms with van der Waals surface area (Å²) in [7, 11) is 0. The van der Waals surface area contributed by atoms with Crippen LogP contribution in [0.2, 0.25) is 5.02 Å². The van der Waals surface area contributed by atoms with Crippen LogP contribution >= 0.6 is 11.6 Å². The van der Waals surface area contributed by atoms with Gasteiger partial charge in [-0.05, 0) is 12.1 Å². The Morgan fingerprint density at radius 2 is 1.78 bits per heavy atom. The fourth-order valence-corrected chi connectivity index (χ4v) is 1.59. The lowest BCUT2D eigenvalue weighted by Gasteiger charge is -2.17. The van der Waals surface area contributed by atoms with E-state index in [2.05, 4.69) is 0 Å². The van der Waals surface area contributed by atoms with E-state index < -0.39 is 24.1 Å². The van der Waals surface area contributed by atoms with E-state index in [4.69, 9.17) is 27.5 Å². The van der Waals surface area contributed by atoms with E-state index in [0.717, 1.165) is 12.1 Å². The van der Waals surface area contributed by atoms with E-state index in [9.17, 15) is 19.8 Å². The number of rotatable bonds is 4. The van der Waals surface area contributed by atoms with Crippen LogP contribution in [0.15, 0.2) is 12.1 Å². The minimum absolute atomic E-state index is 0.0479. The van der Waals surface area contributed by atoms with Crippen molar-refractivity contribution in [2.45, 2.75) is 12.2 Å². The first-order valence-electron chi connectivity index (χ1n) is 4.66. The summed E-state index contributed by atoms with van der Waals surface area (Å²) in [6, 6.07) is 2.16. The molecule has 18 heavy (non-hydrogen) atoms. The van der Waals surface area contributed by atoms with E-state index in [-0.39, 0.29) is 21.8 Å². The van der Waals surface area contributed by atoms with Crippen LogP contribution in [0.25, 0.3) is 0 Å². The van der Waals surface area contributed by atoms with Crippen molar-refractivity contribution in [2.24, 2.45) is 0 Å². The number of aromatic carboxylic acids is 1. The molecule has 0 aliphatic heterocycles. The van der Waals surface area contributed by atoms with Crippen LogP contribution < -0.4 is 5.73 Å². The summed E-state index contributed by atoms with van der Waals surface area (Å²) in [5, 5.41) is 36.2. The van der Waals surface area contributed by atoms with E-state index in [1.165, 1.54) is 0 Å². The molecule has 1 aromatic rings. The van der Waals surface area contributed by atoms with Gasteiger partial charge >= 0.3 is 11.9 Å². The lowest BCUT2D eigenvalue weighted by atomic mass is 9.99. The number of aliphatic hydroxyl groups is 2. The molecular weight excluding hydrogens is 266 g/mol. The van der Waals surface area contributed by atoms with Gasteiger partial charge in [-0.25, -0.2) is 9.59 Å². The molecule has 0 radical (unpaired) electrons. The van der Waals surface area contributed by atoms with Gasteiger partial charge in [-0.1, -0.05) is 11.6 Å². The van der Waals surface area contributed by atoms with Crippen LogP contribution in [-0.2, 0) is 4.79 Å². The predicted molar refractivity (Wildman–Crippen MR) is 61.4 cm³/mol. The predicted octanol–water partition coefficient (Wildman–Crippen LogP) is 0.0993. The van der Waals surface area contributed by atoms with Gasteiger partial charge in [-0.15, -0.1) is 0 Å². The monoisotopic (exact) mass is 275 g/mol. The highest BCUT2D eigenvalue weighted by Crippen LogP contribution is 2.30. The maximum absolute atomic E-state index is 10.9. The Balaban J connectivity index is 3.32. The summed E-state index contributed by atoms with van der Waals surface area (Å²) in [6.45, 7) is 0. The SMILES string of the molecule is Nc1c(C(=O)O)cc(Cl)cc1C(O)C(O)C(=O)O. The van der Waals surface area contributed by atoms with Gasteiger partial charge in [0, 0.05) is 10.6 Å². The summed E-state index contributed by atoms with van der Waals surface area (Å²) in [5.74, 6) is -3.05. The van der Waals surface area contributed by atoms with Crippen molar-refractivity contribution in [3.05, 3.63) is 28.3 Å². The van der Waals surface area contributed by atoms with Gasteiger partial charge in [-0.2, -0.15) is 0 Å². The zero-order chi connectivity index (χ0) is 14.0. The van der Waals surface area contributed by atoms with E-state index in [1.807, 2.05) is 0 Å². The van der Waals surface area contributed by atoms with Crippen molar-refractivity contribution in [2.75, 3.05) is 5.73 Å². The molecule has 0 fully saturated rings. The Labute approximate surface area is 106 Å². The first-order valence-corrected chi connectivity index (χ1v) is 5.04. The van der Waals surface area contributed by atoms with Gasteiger partial charge in [0.05, 0.1) is 11.3 Å². The van der Waals surface area contributed by atoms with Crippen molar-refractivity contribution in [3.8, 4) is 0 Å². The molecule has 7 nitrogen and oxygen atoms in total. The van der Waals surface area contributed by atoms with Crippen molar-refractivity contribution in [1.82, 2.24) is 0 Å². The van der Waals surface area contributed by atoms with Gasteiger partial charge in [0.1, 0.15) is 6.10 Å². The van der Waals surface area contributed by atoms with Crippen LogP contribution in [0.3, 0.4) is 0 Å². The molecule has 0 heterocycles. The number of carboxylic acids is 2. The number of anilines is 1. The third kappa shape index (κ3) is 2.70. The summed E-state index contributed by atoms with van der Waals surface area (Å²) >= 11 is 5.64. The molecule has 0 aliphatic carbocycles. The molecule has 6 N–H and O–H groups in total. The molecule has 2 unspecified atom stereocenters. The number of carboxylic acid groups (broad SMARTS) is 2. The van der Waals surface area contributed by atoms with Crippen LogP contribution in [0.4, 0.5) is 5.69 Å². The molecule has 0 aromatic heterocycles. The highest BCUT2D eigenvalue weighted by molar-refractivity contribution is 6.31. The summed E-state index contributed by atoms with van der Waals surface area (Å²) in [4.78, 5) is 21.4. The van der Waals surface area contributed by atoms with Gasteiger partial charge in [0.25, 0.3) is 0 Å². The fourth-order valence-electron chi connectivity index (χ4n) is 1.37. The number of halogens is 1. The summed E-state index contributed by atoms with van der Waals surface area (Å²) in [6.07, 6.45) is -4.01. The van der Waals surface area contributed by atoms with Gasteiger partial charge in [-0.3, -0.25) is 0 Å². The molecule has 0 amide bonds. The molecular formula is C10H10ClNO6. The van der Waals surface area contributed by atoms with Crippen LogP contribution in [-0.4, -0.2) is 38.5 Å². The molecule has 1 rings (SSSR count). The minimum atomic E-state index is -2.13. The number of nitrogens with two attached hydrogens (primary N) is 1. The second kappa shape index (κ2) is 5.21. The van der Waals surface area contributed by atoms with Crippen molar-refractivity contribution < 1.29 is 30.0 Å². The number of nitrogen functional groups attached to an aromatic ring is 1. The third-order valence-corrected chi connectivity index (χ3v) is 2.50. The van der Waals surface area contributed by atoms with Crippen molar-refractivity contribution >= 4 is 29.2 Å². The molecule has 0 saturated heterocycles. The first-order chi connectivity index (χ1) is 8.25. The fraction of sp³-hybridized carbons (Fsp3) is 0.200.